The number of alkyl halides is 3. The number of nitrogens with one attached hydrogen (secondary N) is 1. The van der Waals surface area contributed by atoms with Gasteiger partial charge < -0.3 is 10.2 Å². The normalized spacial score (nSPS) is 15.1. The first kappa shape index (κ1) is 14.9. The summed E-state index contributed by atoms with van der Waals surface area (Å²) in [5, 5.41) is 2.91. The molecule has 110 valence electrons. The lowest BCUT2D eigenvalue weighted by atomic mass is 10.2. The molecule has 1 aliphatic carbocycles. The van der Waals surface area contributed by atoms with Crippen LogP contribution in [-0.4, -0.2) is 41.6 Å². The molecule has 1 aromatic rings. The summed E-state index contributed by atoms with van der Waals surface area (Å²) in [6, 6.07) is 0.987. The molecule has 4 nitrogen and oxygen atoms in total. The lowest BCUT2D eigenvalue weighted by molar-refractivity contribution is -0.141. The van der Waals surface area contributed by atoms with Gasteiger partial charge in [0.05, 0.1) is 10.6 Å². The summed E-state index contributed by atoms with van der Waals surface area (Å²) in [5.74, 6) is -0.320. The molecule has 0 bridgehead atoms. The molecule has 1 saturated carbocycles. The maximum Gasteiger partial charge on any atom is 0.406 e. The summed E-state index contributed by atoms with van der Waals surface area (Å²) < 4.78 is 37.6. The Morgan fingerprint density at radius 3 is 2.65 bits per heavy atom. The van der Waals surface area contributed by atoms with Crippen molar-refractivity contribution in [3.63, 3.8) is 0 Å². The Balaban J connectivity index is 2.21. The Morgan fingerprint density at radius 1 is 1.55 bits per heavy atom. The monoisotopic (exact) mass is 307 g/mol. The molecule has 1 amide bonds. The van der Waals surface area contributed by atoms with E-state index in [4.69, 9.17) is 11.6 Å². The number of rotatable bonds is 4. The van der Waals surface area contributed by atoms with E-state index in [-0.39, 0.29) is 16.6 Å². The Kier molecular flexibility index (Phi) is 4.08. The van der Waals surface area contributed by atoms with Crippen LogP contribution in [0.3, 0.4) is 0 Å². The lowest BCUT2D eigenvalue weighted by Crippen LogP contribution is -2.40. The molecular weight excluding hydrogens is 295 g/mol. The van der Waals surface area contributed by atoms with Gasteiger partial charge in [-0.05, 0) is 18.9 Å². The lowest BCUT2D eigenvalue weighted by Gasteiger charge is -2.23. The van der Waals surface area contributed by atoms with E-state index in [9.17, 15) is 18.0 Å². The molecule has 0 aromatic carbocycles. The maximum atomic E-state index is 12.5. The van der Waals surface area contributed by atoms with E-state index in [1.165, 1.54) is 12.3 Å². The van der Waals surface area contributed by atoms with Crippen molar-refractivity contribution in [1.29, 1.82) is 0 Å². The smallest absolute Gasteiger partial charge is 0.372 e. The average Bonchev–Trinajstić information content (AvgIpc) is 3.18. The van der Waals surface area contributed by atoms with Crippen LogP contribution in [0.15, 0.2) is 12.3 Å². The topological polar surface area (TPSA) is 45.2 Å². The van der Waals surface area contributed by atoms with Gasteiger partial charge in [0.2, 0.25) is 0 Å². The fraction of sp³-hybridized carbons (Fsp3) is 0.500. The average molecular weight is 308 g/mol. The number of carbonyl (C=O) groups is 1. The highest BCUT2D eigenvalue weighted by molar-refractivity contribution is 6.33. The minimum atomic E-state index is -4.42. The van der Waals surface area contributed by atoms with Gasteiger partial charge >= 0.3 is 6.18 Å². The summed E-state index contributed by atoms with van der Waals surface area (Å²) in [6.07, 6.45) is -2.00. The number of hydrogen-bond donors (Lipinski definition) is 1. The Hall–Kier alpha value is -1.50. The predicted octanol–water partition coefficient (Wildman–Crippen LogP) is 2.94. The van der Waals surface area contributed by atoms with Gasteiger partial charge in [-0.15, -0.1) is 0 Å². The SMILES string of the molecule is CNc1ncc(C(=O)N(CC(F)(F)F)C2CC2)cc1Cl. The van der Waals surface area contributed by atoms with Crippen molar-refractivity contribution in [2.45, 2.75) is 25.1 Å². The minimum absolute atomic E-state index is 0.0603. The second-order valence-corrected chi connectivity index (χ2v) is 4.99. The molecule has 1 heterocycles. The third-order valence-electron chi connectivity index (χ3n) is 2.92. The largest absolute Gasteiger partial charge is 0.406 e. The van der Waals surface area contributed by atoms with Gasteiger partial charge in [-0.1, -0.05) is 11.6 Å². The molecule has 0 atom stereocenters. The Labute approximate surface area is 118 Å². The number of hydrogen-bond acceptors (Lipinski definition) is 3. The zero-order chi connectivity index (χ0) is 14.9. The van der Waals surface area contributed by atoms with Gasteiger partial charge in [0.15, 0.2) is 0 Å². The molecule has 8 heteroatoms. The number of carbonyl (C=O) groups excluding carboxylic acids is 1. The first-order valence-corrected chi connectivity index (χ1v) is 6.40. The van der Waals surface area contributed by atoms with E-state index in [1.54, 1.807) is 7.05 Å². The van der Waals surface area contributed by atoms with Crippen molar-refractivity contribution in [1.82, 2.24) is 9.88 Å². The number of anilines is 1. The minimum Gasteiger partial charge on any atom is -0.372 e. The van der Waals surface area contributed by atoms with E-state index < -0.39 is 18.6 Å². The van der Waals surface area contributed by atoms with Crippen LogP contribution in [-0.2, 0) is 0 Å². The Morgan fingerprint density at radius 2 is 2.20 bits per heavy atom. The number of halogens is 4. The summed E-state index contributed by atoms with van der Waals surface area (Å²) in [5.41, 5.74) is 0.0603. The molecule has 2 rings (SSSR count). The van der Waals surface area contributed by atoms with Crippen molar-refractivity contribution < 1.29 is 18.0 Å². The molecule has 0 radical (unpaired) electrons. The summed E-state index contributed by atoms with van der Waals surface area (Å²) in [6.45, 7) is -1.25. The van der Waals surface area contributed by atoms with Crippen LogP contribution in [0.25, 0.3) is 0 Å². The van der Waals surface area contributed by atoms with Crippen molar-refractivity contribution >= 4 is 23.3 Å². The number of amides is 1. The predicted molar refractivity (Wildman–Crippen MR) is 68.9 cm³/mol. The molecule has 0 spiro atoms. The van der Waals surface area contributed by atoms with Gasteiger partial charge in [-0.2, -0.15) is 13.2 Å². The highest BCUT2D eigenvalue weighted by Crippen LogP contribution is 2.32. The number of nitrogens with zero attached hydrogens (tertiary/aromatic N) is 2. The van der Waals surface area contributed by atoms with Crippen LogP contribution in [0.5, 0.6) is 0 Å². The van der Waals surface area contributed by atoms with Crippen LogP contribution in [0.4, 0.5) is 19.0 Å². The first-order valence-electron chi connectivity index (χ1n) is 6.03. The third kappa shape index (κ3) is 3.53. The zero-order valence-corrected chi connectivity index (χ0v) is 11.4. The van der Waals surface area contributed by atoms with E-state index in [0.717, 1.165) is 4.90 Å². The quantitative estimate of drug-likeness (QED) is 0.930. The zero-order valence-electron chi connectivity index (χ0n) is 10.7. The standard InChI is InChI=1S/C12H13ClF3N3O/c1-17-10-9(13)4-7(5-18-10)11(20)19(8-2-3-8)6-12(14,15)16/h4-5,8H,2-3,6H2,1H3,(H,17,18). The van der Waals surface area contributed by atoms with Gasteiger partial charge in [0.1, 0.15) is 12.4 Å². The number of pyridine rings is 1. The van der Waals surface area contributed by atoms with Crippen LogP contribution in [0, 0.1) is 0 Å². The van der Waals surface area contributed by atoms with Crippen molar-refractivity contribution in [2.75, 3.05) is 18.9 Å². The van der Waals surface area contributed by atoms with Crippen LogP contribution >= 0.6 is 11.6 Å². The molecule has 1 N–H and O–H groups in total. The summed E-state index contributed by atoms with van der Waals surface area (Å²) in [7, 11) is 1.61. The molecule has 1 aromatic heterocycles. The van der Waals surface area contributed by atoms with E-state index in [2.05, 4.69) is 10.3 Å². The van der Waals surface area contributed by atoms with E-state index in [1.807, 2.05) is 0 Å². The van der Waals surface area contributed by atoms with E-state index in [0.29, 0.717) is 18.7 Å². The van der Waals surface area contributed by atoms with Crippen LogP contribution in [0.2, 0.25) is 5.02 Å². The van der Waals surface area contributed by atoms with Crippen LogP contribution in [0.1, 0.15) is 23.2 Å². The van der Waals surface area contributed by atoms with Crippen LogP contribution < -0.4 is 5.32 Å². The fourth-order valence-electron chi connectivity index (χ4n) is 1.85. The van der Waals surface area contributed by atoms with Gasteiger partial charge in [0, 0.05) is 19.3 Å². The van der Waals surface area contributed by atoms with Gasteiger partial charge in [0.25, 0.3) is 5.91 Å². The molecule has 20 heavy (non-hydrogen) atoms. The highest BCUT2D eigenvalue weighted by atomic mass is 35.5. The molecule has 1 aliphatic rings. The Bertz CT molecular complexity index is 517. The fourth-order valence-corrected chi connectivity index (χ4v) is 2.11. The second-order valence-electron chi connectivity index (χ2n) is 4.58. The number of aromatic nitrogens is 1. The molecule has 0 saturated heterocycles. The highest BCUT2D eigenvalue weighted by Gasteiger charge is 2.41. The van der Waals surface area contributed by atoms with Gasteiger partial charge in [-0.3, -0.25) is 4.79 Å². The summed E-state index contributed by atoms with van der Waals surface area (Å²) in [4.78, 5) is 16.9. The summed E-state index contributed by atoms with van der Waals surface area (Å²) >= 11 is 5.89. The molecule has 0 unspecified atom stereocenters. The van der Waals surface area contributed by atoms with Crippen molar-refractivity contribution in [3.8, 4) is 0 Å². The van der Waals surface area contributed by atoms with E-state index >= 15 is 0 Å². The van der Waals surface area contributed by atoms with Crippen molar-refractivity contribution in [2.24, 2.45) is 0 Å². The third-order valence-corrected chi connectivity index (χ3v) is 3.21. The van der Waals surface area contributed by atoms with Gasteiger partial charge in [-0.25, -0.2) is 4.98 Å². The van der Waals surface area contributed by atoms with Crippen molar-refractivity contribution in [3.05, 3.63) is 22.8 Å². The first-order chi connectivity index (χ1) is 9.31. The second kappa shape index (κ2) is 5.47. The molecular formula is C12H13ClF3N3O. The molecule has 0 aliphatic heterocycles. The molecule has 1 fully saturated rings. The maximum absolute atomic E-state index is 12.5.